The van der Waals surface area contributed by atoms with Crippen LogP contribution in [0.5, 0.6) is 11.5 Å². The lowest BCUT2D eigenvalue weighted by Crippen LogP contribution is -2.21. The molecule has 0 saturated heterocycles. The van der Waals surface area contributed by atoms with Crippen molar-refractivity contribution < 1.29 is 23.8 Å². The van der Waals surface area contributed by atoms with E-state index < -0.39 is 18.5 Å². The van der Waals surface area contributed by atoms with Crippen LogP contribution in [0.2, 0.25) is 0 Å². The second-order valence-electron chi connectivity index (χ2n) is 5.36. The highest BCUT2D eigenvalue weighted by Crippen LogP contribution is 2.28. The Balaban J connectivity index is 2.00. The molecule has 0 saturated carbocycles. The molecule has 0 aliphatic carbocycles. The molecule has 0 bridgehead atoms. The summed E-state index contributed by atoms with van der Waals surface area (Å²) in [6.07, 6.45) is 0. The normalized spacial score (nSPS) is 10.3. The van der Waals surface area contributed by atoms with E-state index >= 15 is 0 Å². The summed E-state index contributed by atoms with van der Waals surface area (Å²) >= 11 is 0. The minimum Gasteiger partial charge on any atom is -0.497 e. The van der Waals surface area contributed by atoms with Crippen LogP contribution >= 0.6 is 0 Å². The molecule has 134 valence electrons. The number of methoxy groups -OCH3 is 2. The van der Waals surface area contributed by atoms with Gasteiger partial charge >= 0.3 is 5.97 Å². The van der Waals surface area contributed by atoms with Gasteiger partial charge in [-0.2, -0.15) is 5.10 Å². The molecule has 1 heterocycles. The fourth-order valence-corrected chi connectivity index (χ4v) is 2.36. The maximum Gasteiger partial charge on any atom is 0.342 e. The number of nitrogens with zero attached hydrogens (tertiary/aromatic N) is 2. The lowest BCUT2D eigenvalue weighted by molar-refractivity contribution is -0.119. The van der Waals surface area contributed by atoms with Crippen molar-refractivity contribution in [1.29, 1.82) is 0 Å². The summed E-state index contributed by atoms with van der Waals surface area (Å²) < 4.78 is 17.0. The minimum atomic E-state index is -0.583. The molecular formula is C17H21N3O5. The van der Waals surface area contributed by atoms with Gasteiger partial charge in [-0.3, -0.25) is 9.48 Å². The molecule has 1 amide bonds. The maximum atomic E-state index is 12.2. The van der Waals surface area contributed by atoms with Crippen molar-refractivity contribution in [2.24, 2.45) is 7.05 Å². The zero-order valence-corrected chi connectivity index (χ0v) is 14.9. The van der Waals surface area contributed by atoms with E-state index in [-0.39, 0.29) is 0 Å². The van der Waals surface area contributed by atoms with E-state index in [1.54, 1.807) is 43.8 Å². The topological polar surface area (TPSA) is 91.7 Å². The van der Waals surface area contributed by atoms with Crippen LogP contribution in [0.3, 0.4) is 0 Å². The summed E-state index contributed by atoms with van der Waals surface area (Å²) in [5.74, 6) is -0.0160. The number of esters is 1. The van der Waals surface area contributed by atoms with Crippen molar-refractivity contribution in [3.05, 3.63) is 35.2 Å². The molecule has 2 rings (SSSR count). The number of carbonyl (C=O) groups excluding carboxylic acids is 2. The average molecular weight is 347 g/mol. The Labute approximate surface area is 145 Å². The number of nitrogens with one attached hydrogen (secondary N) is 1. The highest BCUT2D eigenvalue weighted by molar-refractivity contribution is 5.97. The predicted molar refractivity (Wildman–Crippen MR) is 91.1 cm³/mol. The van der Waals surface area contributed by atoms with E-state index in [4.69, 9.17) is 14.2 Å². The molecule has 0 spiro atoms. The molecular weight excluding hydrogens is 326 g/mol. The first-order chi connectivity index (χ1) is 11.9. The van der Waals surface area contributed by atoms with E-state index in [1.807, 2.05) is 0 Å². The molecule has 0 aliphatic rings. The van der Waals surface area contributed by atoms with Crippen LogP contribution in [0, 0.1) is 13.8 Å². The number of hydrogen-bond acceptors (Lipinski definition) is 6. The molecule has 1 aromatic heterocycles. The Bertz CT molecular complexity index is 798. The van der Waals surface area contributed by atoms with Crippen LogP contribution in [-0.2, 0) is 16.6 Å². The highest BCUT2D eigenvalue weighted by atomic mass is 16.5. The first kappa shape index (κ1) is 18.3. The monoisotopic (exact) mass is 347 g/mol. The van der Waals surface area contributed by atoms with Crippen molar-refractivity contribution in [2.75, 3.05) is 26.1 Å². The maximum absolute atomic E-state index is 12.2. The number of amides is 1. The van der Waals surface area contributed by atoms with Gasteiger partial charge in [0.2, 0.25) is 0 Å². The summed E-state index contributed by atoms with van der Waals surface area (Å²) in [6.45, 7) is 3.06. The zero-order chi connectivity index (χ0) is 18.6. The largest absolute Gasteiger partial charge is 0.497 e. The Kier molecular flexibility index (Phi) is 5.63. The molecule has 8 heteroatoms. The Morgan fingerprint density at radius 2 is 1.92 bits per heavy atom. The second kappa shape index (κ2) is 7.69. The van der Waals surface area contributed by atoms with E-state index in [2.05, 4.69) is 10.4 Å². The third kappa shape index (κ3) is 4.09. The summed E-state index contributed by atoms with van der Waals surface area (Å²) in [7, 11) is 4.76. The summed E-state index contributed by atoms with van der Waals surface area (Å²) in [4.78, 5) is 24.2. The summed E-state index contributed by atoms with van der Waals surface area (Å²) in [6, 6.07) is 4.98. The van der Waals surface area contributed by atoms with Crippen LogP contribution in [0.1, 0.15) is 21.7 Å². The fourth-order valence-electron chi connectivity index (χ4n) is 2.36. The van der Waals surface area contributed by atoms with Gasteiger partial charge in [0.1, 0.15) is 17.1 Å². The smallest absolute Gasteiger partial charge is 0.342 e. The number of aryl methyl sites for hydroxylation is 2. The van der Waals surface area contributed by atoms with Gasteiger partial charge in [-0.05, 0) is 26.0 Å². The lowest BCUT2D eigenvalue weighted by Gasteiger charge is -2.11. The number of aromatic nitrogens is 2. The third-order valence-corrected chi connectivity index (χ3v) is 3.73. The van der Waals surface area contributed by atoms with Crippen molar-refractivity contribution in [3.8, 4) is 11.5 Å². The number of carbonyl (C=O) groups is 2. The molecule has 8 nitrogen and oxygen atoms in total. The Morgan fingerprint density at radius 1 is 1.20 bits per heavy atom. The van der Waals surface area contributed by atoms with E-state index in [1.165, 1.54) is 14.2 Å². The van der Waals surface area contributed by atoms with Crippen LogP contribution in [-0.4, -0.2) is 42.5 Å². The van der Waals surface area contributed by atoms with Gasteiger partial charge in [-0.1, -0.05) is 0 Å². The average Bonchev–Trinajstić information content (AvgIpc) is 2.85. The first-order valence-corrected chi connectivity index (χ1v) is 7.56. The van der Waals surface area contributed by atoms with E-state index in [0.29, 0.717) is 34.1 Å². The van der Waals surface area contributed by atoms with Crippen LogP contribution < -0.4 is 14.8 Å². The van der Waals surface area contributed by atoms with Crippen LogP contribution in [0.4, 0.5) is 5.69 Å². The van der Waals surface area contributed by atoms with Crippen LogP contribution in [0.15, 0.2) is 18.2 Å². The number of anilines is 1. The SMILES string of the molecule is COc1ccc(NC(=O)COC(=O)c2c(C)nn(C)c2C)c(OC)c1. The number of ether oxygens (including phenoxy) is 3. The van der Waals surface area contributed by atoms with Gasteiger partial charge in [-0.15, -0.1) is 0 Å². The molecule has 0 atom stereocenters. The van der Waals surface area contributed by atoms with E-state index in [0.717, 1.165) is 0 Å². The molecule has 0 fully saturated rings. The van der Waals surface area contributed by atoms with Crippen molar-refractivity contribution in [1.82, 2.24) is 9.78 Å². The predicted octanol–water partition coefficient (Wildman–Crippen LogP) is 1.85. The second-order valence-corrected chi connectivity index (χ2v) is 5.36. The molecule has 0 radical (unpaired) electrons. The first-order valence-electron chi connectivity index (χ1n) is 7.56. The Hall–Kier alpha value is -3.03. The lowest BCUT2D eigenvalue weighted by atomic mass is 10.2. The molecule has 1 aromatic carbocycles. The molecule has 0 aliphatic heterocycles. The zero-order valence-electron chi connectivity index (χ0n) is 14.9. The Morgan fingerprint density at radius 3 is 2.48 bits per heavy atom. The van der Waals surface area contributed by atoms with Crippen molar-refractivity contribution in [2.45, 2.75) is 13.8 Å². The van der Waals surface area contributed by atoms with Crippen molar-refractivity contribution >= 4 is 17.6 Å². The van der Waals surface area contributed by atoms with Gasteiger partial charge < -0.3 is 19.5 Å². The molecule has 0 unspecified atom stereocenters. The molecule has 25 heavy (non-hydrogen) atoms. The van der Waals surface area contributed by atoms with Gasteiger partial charge in [0.15, 0.2) is 6.61 Å². The van der Waals surface area contributed by atoms with Crippen molar-refractivity contribution in [3.63, 3.8) is 0 Å². The van der Waals surface area contributed by atoms with Gasteiger partial charge in [-0.25, -0.2) is 4.79 Å². The number of benzene rings is 1. The third-order valence-electron chi connectivity index (χ3n) is 3.73. The fraction of sp³-hybridized carbons (Fsp3) is 0.353. The molecule has 2 aromatic rings. The number of hydrogen-bond donors (Lipinski definition) is 1. The van der Waals surface area contributed by atoms with E-state index in [9.17, 15) is 9.59 Å². The quantitative estimate of drug-likeness (QED) is 0.802. The standard InChI is InChI=1S/C17H21N3O5/c1-10-16(11(2)20(3)19-10)17(22)25-9-15(21)18-13-7-6-12(23-4)8-14(13)24-5/h6-8H,9H2,1-5H3,(H,18,21). The summed E-state index contributed by atoms with van der Waals surface area (Å²) in [5.41, 5.74) is 2.07. The van der Waals surface area contributed by atoms with Crippen LogP contribution in [0.25, 0.3) is 0 Å². The number of rotatable bonds is 6. The minimum absolute atomic E-state index is 0.373. The van der Waals surface area contributed by atoms with Gasteiger partial charge in [0, 0.05) is 18.8 Å². The highest BCUT2D eigenvalue weighted by Gasteiger charge is 2.20. The van der Waals surface area contributed by atoms with Gasteiger partial charge in [0.25, 0.3) is 5.91 Å². The summed E-state index contributed by atoms with van der Waals surface area (Å²) in [5, 5.41) is 6.79. The van der Waals surface area contributed by atoms with Gasteiger partial charge in [0.05, 0.1) is 25.6 Å². The molecule has 1 N–H and O–H groups in total.